The number of carbonyl (C=O) groups excluding carboxylic acids is 1. The van der Waals surface area contributed by atoms with Crippen LogP contribution in [0.2, 0.25) is 0 Å². The Balaban J connectivity index is 1.96. The number of rotatable bonds is 7. The maximum atomic E-state index is 12.3. The minimum atomic E-state index is -1.01. The second-order valence-electron chi connectivity index (χ2n) is 6.22. The van der Waals surface area contributed by atoms with Crippen LogP contribution in [0.3, 0.4) is 0 Å². The van der Waals surface area contributed by atoms with Crippen molar-refractivity contribution in [3.63, 3.8) is 0 Å². The van der Waals surface area contributed by atoms with Crippen LogP contribution in [0, 0.1) is 19.8 Å². The van der Waals surface area contributed by atoms with Crippen LogP contribution >= 0.6 is 11.8 Å². The summed E-state index contributed by atoms with van der Waals surface area (Å²) in [4.78, 5) is 32.6. The van der Waals surface area contributed by atoms with E-state index in [0.29, 0.717) is 24.8 Å². The molecule has 1 aliphatic heterocycles. The number of thioether (sulfide) groups is 1. The summed E-state index contributed by atoms with van der Waals surface area (Å²) in [7, 11) is 0. The summed E-state index contributed by atoms with van der Waals surface area (Å²) < 4.78 is 5.34. The van der Waals surface area contributed by atoms with Crippen LogP contribution in [0.1, 0.15) is 36.2 Å². The van der Waals surface area contributed by atoms with Gasteiger partial charge in [-0.1, -0.05) is 11.8 Å². The largest absolute Gasteiger partial charge is 0.480 e. The molecule has 1 fully saturated rings. The van der Waals surface area contributed by atoms with Gasteiger partial charge in [0.15, 0.2) is 5.16 Å². The summed E-state index contributed by atoms with van der Waals surface area (Å²) in [5, 5.41) is 12.8. The van der Waals surface area contributed by atoms with Crippen LogP contribution in [0.25, 0.3) is 0 Å². The Hall–Kier alpha value is -1.67. The zero-order chi connectivity index (χ0) is 18.4. The van der Waals surface area contributed by atoms with Crippen LogP contribution in [0.4, 0.5) is 0 Å². The number of nitrogens with one attached hydrogen (secondary N) is 1. The second kappa shape index (κ2) is 9.15. The number of carboxylic acids is 1. The average Bonchev–Trinajstić information content (AvgIpc) is 2.59. The van der Waals surface area contributed by atoms with Gasteiger partial charge in [0.2, 0.25) is 5.91 Å². The van der Waals surface area contributed by atoms with E-state index < -0.39 is 12.0 Å². The maximum Gasteiger partial charge on any atom is 0.326 e. The van der Waals surface area contributed by atoms with E-state index in [1.165, 1.54) is 11.8 Å². The Labute approximate surface area is 152 Å². The first-order valence-corrected chi connectivity index (χ1v) is 9.63. The minimum Gasteiger partial charge on any atom is -0.480 e. The average molecular weight is 367 g/mol. The van der Waals surface area contributed by atoms with Crippen molar-refractivity contribution in [2.24, 2.45) is 5.92 Å². The van der Waals surface area contributed by atoms with Crippen molar-refractivity contribution in [2.75, 3.05) is 19.5 Å². The monoisotopic (exact) mass is 367 g/mol. The molecule has 0 radical (unpaired) electrons. The molecule has 0 spiro atoms. The van der Waals surface area contributed by atoms with Crippen molar-refractivity contribution in [3.8, 4) is 0 Å². The number of hydrogen-bond donors (Lipinski definition) is 2. The molecule has 1 aliphatic rings. The standard InChI is InChI=1S/C17H25N3O4S/c1-10-13(11(2)19-17(18-10)25-3)6-7-14(21)20-15(16(22)23)12-5-4-8-24-9-12/h12,15H,4-9H2,1-3H3,(H,20,21)(H,22,23). The molecule has 138 valence electrons. The molecule has 2 atom stereocenters. The van der Waals surface area contributed by atoms with E-state index in [-0.39, 0.29) is 18.2 Å². The lowest BCUT2D eigenvalue weighted by molar-refractivity contribution is -0.145. The summed E-state index contributed by atoms with van der Waals surface area (Å²) in [6.07, 6.45) is 4.19. The summed E-state index contributed by atoms with van der Waals surface area (Å²) in [5.41, 5.74) is 2.67. The number of aliphatic carboxylic acids is 1. The molecule has 2 unspecified atom stereocenters. The third kappa shape index (κ3) is 5.40. The van der Waals surface area contributed by atoms with E-state index in [1.807, 2.05) is 20.1 Å². The van der Waals surface area contributed by atoms with E-state index in [2.05, 4.69) is 15.3 Å². The van der Waals surface area contributed by atoms with Gasteiger partial charge in [0.1, 0.15) is 6.04 Å². The molecule has 0 saturated carbocycles. The van der Waals surface area contributed by atoms with E-state index in [1.54, 1.807) is 0 Å². The van der Waals surface area contributed by atoms with Crippen LogP contribution in [-0.4, -0.2) is 52.5 Å². The van der Waals surface area contributed by atoms with E-state index in [0.717, 1.165) is 29.8 Å². The van der Waals surface area contributed by atoms with Gasteiger partial charge in [-0.3, -0.25) is 4.79 Å². The van der Waals surface area contributed by atoms with Gasteiger partial charge >= 0.3 is 5.97 Å². The molecule has 1 aromatic rings. The van der Waals surface area contributed by atoms with E-state index in [9.17, 15) is 14.7 Å². The summed E-state index contributed by atoms with van der Waals surface area (Å²) in [6.45, 7) is 4.84. The topological polar surface area (TPSA) is 101 Å². The highest BCUT2D eigenvalue weighted by Crippen LogP contribution is 2.19. The predicted octanol–water partition coefficient (Wildman–Crippen LogP) is 1.74. The first kappa shape index (κ1) is 19.7. The first-order chi connectivity index (χ1) is 11.9. The lowest BCUT2D eigenvalue weighted by Crippen LogP contribution is -2.48. The molecule has 25 heavy (non-hydrogen) atoms. The molecular weight excluding hydrogens is 342 g/mol. The molecule has 1 amide bonds. The second-order valence-corrected chi connectivity index (χ2v) is 6.99. The van der Waals surface area contributed by atoms with Crippen molar-refractivity contribution in [2.45, 2.75) is 50.7 Å². The molecule has 2 heterocycles. The molecular formula is C17H25N3O4S. The zero-order valence-corrected chi connectivity index (χ0v) is 15.7. The van der Waals surface area contributed by atoms with Crippen molar-refractivity contribution in [1.29, 1.82) is 0 Å². The number of aryl methyl sites for hydroxylation is 2. The highest BCUT2D eigenvalue weighted by Gasteiger charge is 2.31. The van der Waals surface area contributed by atoms with Gasteiger partial charge in [0, 0.05) is 30.3 Å². The van der Waals surface area contributed by atoms with Crippen molar-refractivity contribution in [3.05, 3.63) is 17.0 Å². The van der Waals surface area contributed by atoms with Crippen LogP contribution < -0.4 is 5.32 Å². The SMILES string of the molecule is CSc1nc(C)c(CCC(=O)NC(C(=O)O)C2CCCOC2)c(C)n1. The Kier molecular flexibility index (Phi) is 7.19. The number of amides is 1. The lowest BCUT2D eigenvalue weighted by Gasteiger charge is -2.28. The van der Waals surface area contributed by atoms with Gasteiger partial charge in [0.25, 0.3) is 0 Å². The third-order valence-corrected chi connectivity index (χ3v) is 4.98. The molecule has 0 aliphatic carbocycles. The summed E-state index contributed by atoms with van der Waals surface area (Å²) >= 11 is 1.48. The highest BCUT2D eigenvalue weighted by molar-refractivity contribution is 7.98. The summed E-state index contributed by atoms with van der Waals surface area (Å²) in [6, 6.07) is -0.898. The number of hydrogen-bond acceptors (Lipinski definition) is 6. The maximum absolute atomic E-state index is 12.3. The van der Waals surface area contributed by atoms with Gasteiger partial charge < -0.3 is 15.2 Å². The number of carbonyl (C=O) groups is 2. The quantitative estimate of drug-likeness (QED) is 0.559. The van der Waals surface area contributed by atoms with Gasteiger partial charge in [-0.25, -0.2) is 14.8 Å². The van der Waals surface area contributed by atoms with Gasteiger partial charge in [-0.2, -0.15) is 0 Å². The molecule has 0 bridgehead atoms. The number of nitrogens with zero attached hydrogens (tertiary/aromatic N) is 2. The normalized spacial score (nSPS) is 18.6. The predicted molar refractivity (Wildman–Crippen MR) is 94.7 cm³/mol. The van der Waals surface area contributed by atoms with Gasteiger partial charge in [-0.15, -0.1) is 0 Å². The van der Waals surface area contributed by atoms with E-state index in [4.69, 9.17) is 4.74 Å². The number of ether oxygens (including phenoxy) is 1. The molecule has 1 aromatic heterocycles. The van der Waals surface area contributed by atoms with E-state index >= 15 is 0 Å². The molecule has 0 aromatic carbocycles. The molecule has 1 saturated heterocycles. The lowest BCUT2D eigenvalue weighted by atomic mass is 9.93. The van der Waals surface area contributed by atoms with Crippen LogP contribution in [0.15, 0.2) is 5.16 Å². The Morgan fingerprint density at radius 3 is 2.56 bits per heavy atom. The van der Waals surface area contributed by atoms with Gasteiger partial charge in [-0.05, 0) is 44.9 Å². The number of carboxylic acid groups (broad SMARTS) is 1. The molecule has 7 nitrogen and oxygen atoms in total. The smallest absolute Gasteiger partial charge is 0.326 e. The fourth-order valence-corrected chi connectivity index (χ4v) is 3.51. The van der Waals surface area contributed by atoms with Crippen LogP contribution in [-0.2, 0) is 20.7 Å². The molecule has 2 rings (SSSR count). The third-order valence-electron chi connectivity index (χ3n) is 4.43. The fourth-order valence-electron chi connectivity index (χ4n) is 3.06. The number of aromatic nitrogens is 2. The molecule has 8 heteroatoms. The first-order valence-electron chi connectivity index (χ1n) is 8.40. The Morgan fingerprint density at radius 2 is 2.04 bits per heavy atom. The zero-order valence-electron chi connectivity index (χ0n) is 14.9. The van der Waals surface area contributed by atoms with Gasteiger partial charge in [0.05, 0.1) is 6.61 Å². The van der Waals surface area contributed by atoms with Crippen molar-refractivity contribution < 1.29 is 19.4 Å². The fraction of sp³-hybridized carbons (Fsp3) is 0.647. The van der Waals surface area contributed by atoms with Crippen LogP contribution in [0.5, 0.6) is 0 Å². The Bertz CT molecular complexity index is 609. The molecule has 2 N–H and O–H groups in total. The highest BCUT2D eigenvalue weighted by atomic mass is 32.2. The Morgan fingerprint density at radius 1 is 1.36 bits per heavy atom. The van der Waals surface area contributed by atoms with Crippen molar-refractivity contribution >= 4 is 23.6 Å². The van der Waals surface area contributed by atoms with Crippen molar-refractivity contribution in [1.82, 2.24) is 15.3 Å². The summed E-state index contributed by atoms with van der Waals surface area (Å²) in [5.74, 6) is -1.46. The minimum absolute atomic E-state index is 0.178.